The van der Waals surface area contributed by atoms with Crippen LogP contribution in [-0.2, 0) is 6.54 Å². The van der Waals surface area contributed by atoms with Gasteiger partial charge in [-0.15, -0.1) is 24.0 Å². The first-order valence-corrected chi connectivity index (χ1v) is 10.00. The number of hydrogen-bond donors (Lipinski definition) is 2. The molecule has 0 spiro atoms. The van der Waals surface area contributed by atoms with Gasteiger partial charge in [-0.05, 0) is 64.1 Å². The van der Waals surface area contributed by atoms with Gasteiger partial charge in [0.15, 0.2) is 5.96 Å². The van der Waals surface area contributed by atoms with E-state index in [0.717, 1.165) is 35.8 Å². The standard InChI is InChI=1S/C21H34N4O.HI/c1-15(2)26-20-11-16(3)5-6-18(20)13-24-21(22-4)23-12-17-9-10-25(14-17)19-7-8-19;/h5-6,11,15,17,19H,7-10,12-14H2,1-4H3,(H2,22,23,24);1H. The highest BCUT2D eigenvalue weighted by Gasteiger charge is 2.34. The summed E-state index contributed by atoms with van der Waals surface area (Å²) >= 11 is 0. The Bertz CT molecular complexity index is 631. The van der Waals surface area contributed by atoms with Crippen LogP contribution in [0.2, 0.25) is 0 Å². The van der Waals surface area contributed by atoms with Gasteiger partial charge in [0.1, 0.15) is 5.75 Å². The third-order valence-electron chi connectivity index (χ3n) is 5.19. The van der Waals surface area contributed by atoms with Crippen LogP contribution in [0.25, 0.3) is 0 Å². The summed E-state index contributed by atoms with van der Waals surface area (Å²) in [5, 5.41) is 6.94. The Balaban J connectivity index is 0.00000261. The number of aryl methyl sites for hydroxylation is 1. The van der Waals surface area contributed by atoms with Gasteiger partial charge in [-0.25, -0.2) is 0 Å². The van der Waals surface area contributed by atoms with Gasteiger partial charge in [0.05, 0.1) is 6.10 Å². The van der Waals surface area contributed by atoms with Gasteiger partial charge in [0, 0.05) is 38.3 Å². The molecule has 1 saturated carbocycles. The van der Waals surface area contributed by atoms with Crippen LogP contribution in [0.3, 0.4) is 0 Å². The average molecular weight is 486 g/mol. The summed E-state index contributed by atoms with van der Waals surface area (Å²) in [5.41, 5.74) is 2.38. The highest BCUT2D eigenvalue weighted by Crippen LogP contribution is 2.31. The Kier molecular flexibility index (Phi) is 8.66. The molecule has 1 unspecified atom stereocenters. The number of nitrogens with one attached hydrogen (secondary N) is 2. The normalized spacial score (nSPS) is 20.5. The van der Waals surface area contributed by atoms with E-state index in [4.69, 9.17) is 4.74 Å². The first-order valence-electron chi connectivity index (χ1n) is 10.00. The number of aliphatic imine (C=N–C) groups is 1. The predicted octanol–water partition coefficient (Wildman–Crippen LogP) is 3.55. The molecule has 2 aliphatic rings. The fourth-order valence-corrected chi connectivity index (χ4v) is 3.61. The average Bonchev–Trinajstić information content (AvgIpc) is 3.35. The molecule has 0 radical (unpaired) electrons. The molecule has 2 N–H and O–H groups in total. The number of likely N-dealkylation sites (tertiary alicyclic amines) is 1. The third kappa shape index (κ3) is 6.82. The van der Waals surface area contributed by atoms with Crippen molar-refractivity contribution in [3.63, 3.8) is 0 Å². The lowest BCUT2D eigenvalue weighted by Gasteiger charge is -2.18. The molecule has 1 saturated heterocycles. The van der Waals surface area contributed by atoms with Crippen molar-refractivity contribution in [3.8, 4) is 5.75 Å². The molecule has 0 bridgehead atoms. The Hall–Kier alpha value is -1.02. The van der Waals surface area contributed by atoms with Crippen molar-refractivity contribution in [3.05, 3.63) is 29.3 Å². The number of ether oxygens (including phenoxy) is 1. The van der Waals surface area contributed by atoms with Crippen LogP contribution in [0.15, 0.2) is 23.2 Å². The van der Waals surface area contributed by atoms with E-state index < -0.39 is 0 Å². The van der Waals surface area contributed by atoms with Crippen LogP contribution in [0.4, 0.5) is 0 Å². The zero-order valence-corrected chi connectivity index (χ0v) is 19.5. The van der Waals surface area contributed by atoms with Gasteiger partial charge >= 0.3 is 0 Å². The molecule has 1 atom stereocenters. The molecule has 1 aliphatic heterocycles. The summed E-state index contributed by atoms with van der Waals surface area (Å²) < 4.78 is 5.97. The van der Waals surface area contributed by atoms with E-state index in [2.05, 4.69) is 59.5 Å². The second kappa shape index (κ2) is 10.5. The minimum Gasteiger partial charge on any atom is -0.491 e. The van der Waals surface area contributed by atoms with Crippen molar-refractivity contribution in [2.45, 2.75) is 58.7 Å². The van der Waals surface area contributed by atoms with Crippen molar-refractivity contribution >= 4 is 29.9 Å². The Morgan fingerprint density at radius 2 is 2.04 bits per heavy atom. The van der Waals surface area contributed by atoms with Crippen LogP contribution >= 0.6 is 24.0 Å². The summed E-state index contributed by atoms with van der Waals surface area (Å²) in [5.74, 6) is 2.55. The van der Waals surface area contributed by atoms with Crippen molar-refractivity contribution in [1.29, 1.82) is 0 Å². The van der Waals surface area contributed by atoms with Gasteiger partial charge < -0.3 is 20.3 Å². The molecule has 3 rings (SSSR count). The van der Waals surface area contributed by atoms with E-state index in [9.17, 15) is 0 Å². The molecular formula is C21H35IN4O. The maximum atomic E-state index is 5.97. The largest absolute Gasteiger partial charge is 0.491 e. The molecule has 1 aromatic carbocycles. The highest BCUT2D eigenvalue weighted by atomic mass is 127. The molecule has 1 heterocycles. The van der Waals surface area contributed by atoms with Crippen molar-refractivity contribution in [2.24, 2.45) is 10.9 Å². The fraction of sp³-hybridized carbons (Fsp3) is 0.667. The lowest BCUT2D eigenvalue weighted by Crippen LogP contribution is -2.40. The summed E-state index contributed by atoms with van der Waals surface area (Å²) in [7, 11) is 1.83. The van der Waals surface area contributed by atoms with Gasteiger partial charge in [-0.2, -0.15) is 0 Å². The van der Waals surface area contributed by atoms with Crippen LogP contribution in [0.5, 0.6) is 5.75 Å². The second-order valence-corrected chi connectivity index (χ2v) is 7.97. The van der Waals surface area contributed by atoms with Gasteiger partial charge in [0.25, 0.3) is 0 Å². The maximum absolute atomic E-state index is 5.97. The molecular weight excluding hydrogens is 451 g/mol. The summed E-state index contributed by atoms with van der Waals surface area (Å²) in [4.78, 5) is 7.04. The minimum absolute atomic E-state index is 0. The molecule has 0 aromatic heterocycles. The van der Waals surface area contributed by atoms with E-state index >= 15 is 0 Å². The van der Waals surface area contributed by atoms with Gasteiger partial charge in [-0.3, -0.25) is 4.99 Å². The molecule has 1 aromatic rings. The smallest absolute Gasteiger partial charge is 0.191 e. The van der Waals surface area contributed by atoms with Gasteiger partial charge in [-0.1, -0.05) is 12.1 Å². The van der Waals surface area contributed by atoms with E-state index in [-0.39, 0.29) is 30.1 Å². The Labute approximate surface area is 181 Å². The van der Waals surface area contributed by atoms with E-state index in [1.807, 2.05) is 7.05 Å². The number of nitrogens with zero attached hydrogens (tertiary/aromatic N) is 2. The van der Waals surface area contributed by atoms with E-state index in [0.29, 0.717) is 6.54 Å². The number of rotatable bonds is 7. The summed E-state index contributed by atoms with van der Waals surface area (Å²) in [6.07, 6.45) is 4.27. The molecule has 152 valence electrons. The van der Waals surface area contributed by atoms with Gasteiger partial charge in [0.2, 0.25) is 0 Å². The maximum Gasteiger partial charge on any atom is 0.191 e. The monoisotopic (exact) mass is 486 g/mol. The topological polar surface area (TPSA) is 48.9 Å². The van der Waals surface area contributed by atoms with Crippen LogP contribution < -0.4 is 15.4 Å². The van der Waals surface area contributed by atoms with Crippen LogP contribution in [0, 0.1) is 12.8 Å². The van der Waals surface area contributed by atoms with E-state index in [1.54, 1.807) is 0 Å². The summed E-state index contributed by atoms with van der Waals surface area (Å²) in [6.45, 7) is 10.4. The number of hydrogen-bond acceptors (Lipinski definition) is 3. The number of halogens is 1. The van der Waals surface area contributed by atoms with Crippen LogP contribution in [0.1, 0.15) is 44.2 Å². The molecule has 2 fully saturated rings. The first-order chi connectivity index (χ1) is 12.5. The third-order valence-corrected chi connectivity index (χ3v) is 5.19. The highest BCUT2D eigenvalue weighted by molar-refractivity contribution is 14.0. The molecule has 0 amide bonds. The SMILES string of the molecule is CN=C(NCc1ccc(C)cc1OC(C)C)NCC1CCN(C2CC2)C1.I. The zero-order valence-electron chi connectivity index (χ0n) is 17.1. The molecule has 5 nitrogen and oxygen atoms in total. The Morgan fingerprint density at radius 3 is 2.70 bits per heavy atom. The lowest BCUT2D eigenvalue weighted by atomic mass is 10.1. The van der Waals surface area contributed by atoms with Crippen molar-refractivity contribution in [2.75, 3.05) is 26.7 Å². The minimum atomic E-state index is 0. The van der Waals surface area contributed by atoms with Crippen LogP contribution in [-0.4, -0.2) is 49.7 Å². The van der Waals surface area contributed by atoms with Crippen molar-refractivity contribution in [1.82, 2.24) is 15.5 Å². The quantitative estimate of drug-likeness (QED) is 0.352. The first kappa shape index (κ1) is 22.3. The molecule has 6 heteroatoms. The number of benzene rings is 1. The van der Waals surface area contributed by atoms with Crippen molar-refractivity contribution < 1.29 is 4.74 Å². The lowest BCUT2D eigenvalue weighted by molar-refractivity contribution is 0.239. The predicted molar refractivity (Wildman–Crippen MR) is 123 cm³/mol. The number of guanidine groups is 1. The van der Waals surface area contributed by atoms with E-state index in [1.165, 1.54) is 37.9 Å². The Morgan fingerprint density at radius 1 is 1.26 bits per heavy atom. The summed E-state index contributed by atoms with van der Waals surface area (Å²) in [6, 6.07) is 7.26. The molecule has 1 aliphatic carbocycles. The second-order valence-electron chi connectivity index (χ2n) is 7.97. The fourth-order valence-electron chi connectivity index (χ4n) is 3.61. The zero-order chi connectivity index (χ0) is 18.5. The molecule has 27 heavy (non-hydrogen) atoms.